The fourth-order valence-corrected chi connectivity index (χ4v) is 3.03. The predicted molar refractivity (Wildman–Crippen MR) is 110 cm³/mol. The van der Waals surface area contributed by atoms with E-state index in [2.05, 4.69) is 4.90 Å². The highest BCUT2D eigenvalue weighted by Crippen LogP contribution is 2.16. The molecular weight excluding hydrogens is 354 g/mol. The quantitative estimate of drug-likeness (QED) is 0.377. The van der Waals surface area contributed by atoms with E-state index in [0.717, 1.165) is 56.3 Å². The molecule has 0 aromatic heterocycles. The third-order valence-corrected chi connectivity index (χ3v) is 4.65. The molecule has 1 aliphatic heterocycles. The summed E-state index contributed by atoms with van der Waals surface area (Å²) in [5.74, 6) is 1.52. The average Bonchev–Trinajstić information content (AvgIpc) is 2.76. The lowest BCUT2D eigenvalue weighted by Gasteiger charge is -2.26. The van der Waals surface area contributed by atoms with Gasteiger partial charge in [-0.25, -0.2) is 0 Å². The Kier molecular flexibility index (Phi) is 7.64. The van der Waals surface area contributed by atoms with Crippen LogP contribution in [-0.2, 0) is 4.74 Å². The molecule has 5 heteroatoms. The minimum atomic E-state index is -0.0401. The smallest absolute Gasteiger partial charge is 0.185 e. The Morgan fingerprint density at radius 2 is 1.89 bits per heavy atom. The highest BCUT2D eigenvalue weighted by molar-refractivity contribution is 6.06. The molecule has 28 heavy (non-hydrogen) atoms. The maximum atomic E-state index is 12.3. The second-order valence-corrected chi connectivity index (χ2v) is 6.65. The van der Waals surface area contributed by atoms with E-state index in [1.54, 1.807) is 31.4 Å². The number of hydrogen-bond donors (Lipinski definition) is 0. The molecule has 0 amide bonds. The molecule has 0 unspecified atom stereocenters. The van der Waals surface area contributed by atoms with Gasteiger partial charge in [-0.05, 0) is 54.5 Å². The molecule has 5 nitrogen and oxygen atoms in total. The number of carbonyl (C=O) groups excluding carboxylic acids is 1. The molecule has 1 aliphatic rings. The zero-order chi connectivity index (χ0) is 19.6. The van der Waals surface area contributed by atoms with Crippen molar-refractivity contribution in [3.8, 4) is 11.5 Å². The zero-order valence-electron chi connectivity index (χ0n) is 16.3. The van der Waals surface area contributed by atoms with Gasteiger partial charge < -0.3 is 14.2 Å². The molecule has 0 saturated carbocycles. The first-order valence-electron chi connectivity index (χ1n) is 9.64. The third kappa shape index (κ3) is 6.22. The largest absolute Gasteiger partial charge is 0.497 e. The summed E-state index contributed by atoms with van der Waals surface area (Å²) in [5, 5.41) is 0. The van der Waals surface area contributed by atoms with Gasteiger partial charge in [0.25, 0.3) is 0 Å². The van der Waals surface area contributed by atoms with Gasteiger partial charge in [0.05, 0.1) is 26.9 Å². The Bertz CT molecular complexity index is 779. The van der Waals surface area contributed by atoms with Crippen LogP contribution in [0.25, 0.3) is 6.08 Å². The van der Waals surface area contributed by atoms with Gasteiger partial charge in [0.1, 0.15) is 11.5 Å². The Morgan fingerprint density at radius 3 is 2.64 bits per heavy atom. The summed E-state index contributed by atoms with van der Waals surface area (Å²) < 4.78 is 16.3. The maximum Gasteiger partial charge on any atom is 0.185 e. The van der Waals surface area contributed by atoms with Crippen LogP contribution in [0.2, 0.25) is 0 Å². The van der Waals surface area contributed by atoms with E-state index < -0.39 is 0 Å². The topological polar surface area (TPSA) is 48.0 Å². The highest BCUT2D eigenvalue weighted by atomic mass is 16.5. The molecule has 1 saturated heterocycles. The van der Waals surface area contributed by atoms with Gasteiger partial charge in [0, 0.05) is 25.2 Å². The van der Waals surface area contributed by atoms with E-state index in [1.165, 1.54) is 0 Å². The third-order valence-electron chi connectivity index (χ3n) is 4.65. The summed E-state index contributed by atoms with van der Waals surface area (Å²) in [6.45, 7) is 5.33. The van der Waals surface area contributed by atoms with E-state index in [-0.39, 0.29) is 5.78 Å². The number of ether oxygens (including phenoxy) is 3. The van der Waals surface area contributed by atoms with Crippen molar-refractivity contribution >= 4 is 11.9 Å². The number of methoxy groups -OCH3 is 1. The minimum Gasteiger partial charge on any atom is -0.497 e. The number of benzene rings is 2. The van der Waals surface area contributed by atoms with Crippen LogP contribution in [0.15, 0.2) is 54.6 Å². The van der Waals surface area contributed by atoms with Gasteiger partial charge in [-0.1, -0.05) is 18.2 Å². The Labute approximate surface area is 166 Å². The van der Waals surface area contributed by atoms with Crippen LogP contribution in [0.3, 0.4) is 0 Å². The van der Waals surface area contributed by atoms with Gasteiger partial charge in [-0.2, -0.15) is 0 Å². The van der Waals surface area contributed by atoms with Crippen molar-refractivity contribution < 1.29 is 19.0 Å². The second kappa shape index (κ2) is 10.6. The first-order valence-corrected chi connectivity index (χ1v) is 9.64. The molecule has 1 heterocycles. The van der Waals surface area contributed by atoms with Crippen LogP contribution in [0.5, 0.6) is 11.5 Å². The van der Waals surface area contributed by atoms with Gasteiger partial charge in [-0.3, -0.25) is 9.69 Å². The van der Waals surface area contributed by atoms with E-state index in [9.17, 15) is 4.79 Å². The number of allylic oxidation sites excluding steroid dienone is 1. The van der Waals surface area contributed by atoms with Gasteiger partial charge in [-0.15, -0.1) is 0 Å². The van der Waals surface area contributed by atoms with Crippen molar-refractivity contribution in [1.29, 1.82) is 0 Å². The van der Waals surface area contributed by atoms with E-state index in [4.69, 9.17) is 14.2 Å². The molecule has 0 N–H and O–H groups in total. The number of hydrogen-bond acceptors (Lipinski definition) is 5. The summed E-state index contributed by atoms with van der Waals surface area (Å²) in [4.78, 5) is 14.7. The zero-order valence-corrected chi connectivity index (χ0v) is 16.3. The van der Waals surface area contributed by atoms with Gasteiger partial charge in [0.2, 0.25) is 0 Å². The fourth-order valence-electron chi connectivity index (χ4n) is 3.03. The maximum absolute atomic E-state index is 12.3. The molecule has 2 aromatic rings. The Morgan fingerprint density at radius 1 is 1.11 bits per heavy atom. The molecule has 2 aromatic carbocycles. The molecule has 0 radical (unpaired) electrons. The first-order chi connectivity index (χ1) is 13.7. The van der Waals surface area contributed by atoms with E-state index in [1.807, 2.05) is 36.4 Å². The summed E-state index contributed by atoms with van der Waals surface area (Å²) in [6, 6.07) is 14.9. The first kappa shape index (κ1) is 20.1. The Hall–Kier alpha value is -2.63. The van der Waals surface area contributed by atoms with Crippen molar-refractivity contribution in [1.82, 2.24) is 4.90 Å². The number of morpholine rings is 1. The number of carbonyl (C=O) groups is 1. The number of ketones is 1. The summed E-state index contributed by atoms with van der Waals surface area (Å²) in [7, 11) is 1.63. The predicted octanol–water partition coefficient (Wildman–Crippen LogP) is 3.69. The van der Waals surface area contributed by atoms with Crippen molar-refractivity contribution in [2.75, 3.05) is 46.6 Å². The number of nitrogens with zero attached hydrogens (tertiary/aromatic N) is 1. The van der Waals surface area contributed by atoms with E-state index in [0.29, 0.717) is 12.2 Å². The molecule has 0 atom stereocenters. The molecule has 0 aliphatic carbocycles. The lowest BCUT2D eigenvalue weighted by Crippen LogP contribution is -2.37. The van der Waals surface area contributed by atoms with E-state index >= 15 is 0 Å². The van der Waals surface area contributed by atoms with Crippen molar-refractivity contribution in [2.45, 2.75) is 6.42 Å². The lowest BCUT2D eigenvalue weighted by molar-refractivity contribution is 0.0358. The molecule has 3 rings (SSSR count). The lowest BCUT2D eigenvalue weighted by atomic mass is 10.1. The van der Waals surface area contributed by atoms with Crippen LogP contribution >= 0.6 is 0 Å². The van der Waals surface area contributed by atoms with Crippen molar-refractivity contribution in [3.05, 3.63) is 65.7 Å². The molecule has 1 fully saturated rings. The molecule has 0 bridgehead atoms. The fraction of sp³-hybridized carbons (Fsp3) is 0.348. The monoisotopic (exact) mass is 381 g/mol. The van der Waals surface area contributed by atoms with Gasteiger partial charge in [0.15, 0.2) is 5.78 Å². The summed E-state index contributed by atoms with van der Waals surface area (Å²) in [5.41, 5.74) is 1.56. The molecule has 148 valence electrons. The highest BCUT2D eigenvalue weighted by Gasteiger charge is 2.09. The minimum absolute atomic E-state index is 0.0401. The number of rotatable bonds is 9. The van der Waals surface area contributed by atoms with Crippen LogP contribution in [0, 0.1) is 0 Å². The summed E-state index contributed by atoms with van der Waals surface area (Å²) >= 11 is 0. The average molecular weight is 381 g/mol. The van der Waals surface area contributed by atoms with Crippen LogP contribution in [-0.4, -0.2) is 57.2 Å². The van der Waals surface area contributed by atoms with Crippen LogP contribution in [0.4, 0.5) is 0 Å². The van der Waals surface area contributed by atoms with Crippen molar-refractivity contribution in [3.63, 3.8) is 0 Å². The standard InChI is InChI=1S/C23H27NO4/c1-26-22-5-2-4-19(18-22)6-11-23(25)20-7-9-21(10-8-20)28-15-3-12-24-13-16-27-17-14-24/h2,4-11,18H,3,12-17H2,1H3/b11-6+. The molecule has 0 spiro atoms. The molecular formula is C23H27NO4. The normalized spacial score (nSPS) is 14.9. The van der Waals surface area contributed by atoms with Crippen LogP contribution in [0.1, 0.15) is 22.3 Å². The SMILES string of the molecule is COc1cccc(/C=C/C(=O)c2ccc(OCCCN3CCOCC3)cc2)c1. The Balaban J connectivity index is 1.45. The van der Waals surface area contributed by atoms with Crippen LogP contribution < -0.4 is 9.47 Å². The van der Waals surface area contributed by atoms with Crippen molar-refractivity contribution in [2.24, 2.45) is 0 Å². The van der Waals surface area contributed by atoms with Gasteiger partial charge >= 0.3 is 0 Å². The second-order valence-electron chi connectivity index (χ2n) is 6.65. The summed E-state index contributed by atoms with van der Waals surface area (Å²) in [6.07, 6.45) is 4.35.